The van der Waals surface area contributed by atoms with E-state index >= 15 is 0 Å². The van der Waals surface area contributed by atoms with Crippen LogP contribution in [0.15, 0.2) is 34.2 Å². The van der Waals surface area contributed by atoms with Crippen LogP contribution in [-0.2, 0) is 5.75 Å². The second-order valence-corrected chi connectivity index (χ2v) is 4.55. The van der Waals surface area contributed by atoms with E-state index in [4.69, 9.17) is 0 Å². The van der Waals surface area contributed by atoms with Crippen LogP contribution in [0, 0.1) is 5.82 Å². The van der Waals surface area contributed by atoms with Crippen LogP contribution in [0.2, 0.25) is 0 Å². The van der Waals surface area contributed by atoms with Gasteiger partial charge in [0.15, 0.2) is 5.16 Å². The Hall–Kier alpha value is -0.880. The zero-order valence-corrected chi connectivity index (χ0v) is 9.98. The number of nitrogens with zero attached hydrogens (tertiary/aromatic N) is 2. The van der Waals surface area contributed by atoms with Gasteiger partial charge < -0.3 is 0 Å². The number of benzene rings is 1. The lowest BCUT2D eigenvalue weighted by Gasteiger charge is -2.02. The van der Waals surface area contributed by atoms with Crippen molar-refractivity contribution in [3.05, 3.63) is 40.4 Å². The van der Waals surface area contributed by atoms with Crippen molar-refractivity contribution < 1.29 is 4.39 Å². The average molecular weight is 288 g/mol. The lowest BCUT2D eigenvalue weighted by Crippen LogP contribution is -1.87. The fraction of sp³-hybridized carbons (Fsp3) is 0.111. The summed E-state index contributed by atoms with van der Waals surface area (Å²) in [5.41, 5.74) is 0.899. The smallest absolute Gasteiger partial charge is 0.183 e. The largest absolute Gasteiger partial charge is 0.254 e. The van der Waals surface area contributed by atoms with E-state index in [0.29, 0.717) is 10.2 Å². The summed E-state index contributed by atoms with van der Waals surface area (Å²) in [5.74, 6) is 0.402. The van der Waals surface area contributed by atoms with Crippen LogP contribution < -0.4 is 0 Å². The van der Waals surface area contributed by atoms with E-state index in [2.05, 4.69) is 31.1 Å². The molecule has 0 unspecified atom stereocenters. The third kappa shape index (κ3) is 2.57. The van der Waals surface area contributed by atoms with Crippen molar-refractivity contribution in [1.29, 1.82) is 0 Å². The Bertz CT molecular complexity index is 447. The number of hydrogen-bond acceptors (Lipinski definition) is 3. The fourth-order valence-electron chi connectivity index (χ4n) is 1.07. The topological polar surface area (TPSA) is 41.6 Å². The normalized spacial score (nSPS) is 10.5. The molecule has 0 spiro atoms. The van der Waals surface area contributed by atoms with Crippen molar-refractivity contribution in [1.82, 2.24) is 15.2 Å². The number of halogens is 2. The van der Waals surface area contributed by atoms with Gasteiger partial charge in [-0.1, -0.05) is 23.9 Å². The summed E-state index contributed by atoms with van der Waals surface area (Å²) in [7, 11) is 0. The van der Waals surface area contributed by atoms with Gasteiger partial charge in [0.05, 0.1) is 4.47 Å². The molecule has 0 atom stereocenters. The van der Waals surface area contributed by atoms with Gasteiger partial charge in [0.1, 0.15) is 12.1 Å². The van der Waals surface area contributed by atoms with Gasteiger partial charge in [0.25, 0.3) is 0 Å². The van der Waals surface area contributed by atoms with Gasteiger partial charge in [-0.2, -0.15) is 5.10 Å². The molecule has 1 N–H and O–H groups in total. The molecule has 1 aromatic heterocycles. The van der Waals surface area contributed by atoms with Crippen molar-refractivity contribution >= 4 is 27.7 Å². The standard InChI is InChI=1S/C9H7BrFN3S/c10-8-6(2-1-3-7(8)11)4-15-9-12-5-13-14-9/h1-3,5H,4H2,(H,12,13,14). The Morgan fingerprint density at radius 3 is 3.07 bits per heavy atom. The van der Waals surface area contributed by atoms with Gasteiger partial charge in [-0.15, -0.1) is 0 Å². The van der Waals surface area contributed by atoms with E-state index in [1.54, 1.807) is 6.07 Å². The van der Waals surface area contributed by atoms with Gasteiger partial charge in [-0.05, 0) is 27.6 Å². The van der Waals surface area contributed by atoms with E-state index in [-0.39, 0.29) is 5.82 Å². The van der Waals surface area contributed by atoms with Gasteiger partial charge in [0.2, 0.25) is 0 Å². The Balaban J connectivity index is 2.08. The maximum Gasteiger partial charge on any atom is 0.183 e. The monoisotopic (exact) mass is 287 g/mol. The Morgan fingerprint density at radius 1 is 1.47 bits per heavy atom. The van der Waals surface area contributed by atoms with Gasteiger partial charge in [-0.3, -0.25) is 5.10 Å². The predicted molar refractivity (Wildman–Crippen MR) is 60.0 cm³/mol. The molecule has 1 aromatic carbocycles. The first kappa shape index (κ1) is 10.6. The maximum atomic E-state index is 13.2. The molecule has 0 saturated heterocycles. The molecule has 2 aromatic rings. The van der Waals surface area contributed by atoms with Crippen LogP contribution in [0.5, 0.6) is 0 Å². The quantitative estimate of drug-likeness (QED) is 0.883. The van der Waals surface area contributed by atoms with Crippen molar-refractivity contribution in [3.8, 4) is 0 Å². The van der Waals surface area contributed by atoms with Crippen LogP contribution in [-0.4, -0.2) is 15.2 Å². The third-order valence-corrected chi connectivity index (χ3v) is 3.60. The van der Waals surface area contributed by atoms with E-state index in [9.17, 15) is 4.39 Å². The molecule has 1 heterocycles. The zero-order valence-electron chi connectivity index (χ0n) is 7.58. The maximum absolute atomic E-state index is 13.2. The predicted octanol–water partition coefficient (Wildman–Crippen LogP) is 3.00. The second-order valence-electron chi connectivity index (χ2n) is 2.79. The van der Waals surface area contributed by atoms with Gasteiger partial charge in [-0.25, -0.2) is 9.37 Å². The van der Waals surface area contributed by atoms with Crippen molar-refractivity contribution in [3.63, 3.8) is 0 Å². The number of hydrogen-bond donors (Lipinski definition) is 1. The van der Waals surface area contributed by atoms with E-state index in [0.717, 1.165) is 10.7 Å². The minimum atomic E-state index is -0.245. The Morgan fingerprint density at radius 2 is 2.33 bits per heavy atom. The molecular weight excluding hydrogens is 281 g/mol. The Kier molecular flexibility index (Phi) is 3.37. The lowest BCUT2D eigenvalue weighted by molar-refractivity contribution is 0.619. The van der Waals surface area contributed by atoms with E-state index < -0.39 is 0 Å². The number of thioether (sulfide) groups is 1. The summed E-state index contributed by atoms with van der Waals surface area (Å²) in [6.07, 6.45) is 1.45. The zero-order chi connectivity index (χ0) is 10.7. The molecule has 0 bridgehead atoms. The van der Waals surface area contributed by atoms with Gasteiger partial charge in [0, 0.05) is 5.75 Å². The molecule has 6 heteroatoms. The minimum Gasteiger partial charge on any atom is -0.254 e. The highest BCUT2D eigenvalue weighted by atomic mass is 79.9. The molecule has 0 radical (unpaired) electrons. The summed E-state index contributed by atoms with van der Waals surface area (Å²) >= 11 is 4.69. The molecule has 2 rings (SSSR count). The van der Waals surface area contributed by atoms with E-state index in [1.807, 2.05) is 6.07 Å². The van der Waals surface area contributed by atoms with Gasteiger partial charge >= 0.3 is 0 Å². The third-order valence-electron chi connectivity index (χ3n) is 1.79. The number of nitrogens with one attached hydrogen (secondary N) is 1. The number of aromatic nitrogens is 3. The number of rotatable bonds is 3. The average Bonchev–Trinajstić information content (AvgIpc) is 2.73. The first-order chi connectivity index (χ1) is 7.27. The molecule has 0 aliphatic heterocycles. The summed E-state index contributed by atoms with van der Waals surface area (Å²) in [6, 6.07) is 4.99. The van der Waals surface area contributed by atoms with Crippen molar-refractivity contribution in [2.75, 3.05) is 0 Å². The second kappa shape index (κ2) is 4.76. The van der Waals surface area contributed by atoms with Crippen LogP contribution in [0.3, 0.4) is 0 Å². The highest BCUT2D eigenvalue weighted by Crippen LogP contribution is 2.26. The Labute approximate surface area is 98.6 Å². The summed E-state index contributed by atoms with van der Waals surface area (Å²) in [5, 5.41) is 7.19. The summed E-state index contributed by atoms with van der Waals surface area (Å²) in [4.78, 5) is 3.97. The molecule has 15 heavy (non-hydrogen) atoms. The molecule has 0 aliphatic rings. The fourth-order valence-corrected chi connectivity index (χ4v) is 2.43. The lowest BCUT2D eigenvalue weighted by atomic mass is 10.2. The van der Waals surface area contributed by atoms with Crippen LogP contribution in [0.1, 0.15) is 5.56 Å². The van der Waals surface area contributed by atoms with Crippen LogP contribution in [0.4, 0.5) is 4.39 Å². The first-order valence-electron chi connectivity index (χ1n) is 4.18. The highest BCUT2D eigenvalue weighted by molar-refractivity contribution is 9.10. The molecular formula is C9H7BrFN3S. The molecule has 3 nitrogen and oxygen atoms in total. The summed E-state index contributed by atoms with van der Waals surface area (Å²) in [6.45, 7) is 0. The summed E-state index contributed by atoms with van der Waals surface area (Å²) < 4.78 is 13.7. The van der Waals surface area contributed by atoms with Crippen LogP contribution in [0.25, 0.3) is 0 Å². The molecule has 0 saturated carbocycles. The first-order valence-corrected chi connectivity index (χ1v) is 5.96. The number of aromatic amines is 1. The highest BCUT2D eigenvalue weighted by Gasteiger charge is 2.06. The molecule has 0 amide bonds. The van der Waals surface area contributed by atoms with E-state index in [1.165, 1.54) is 24.2 Å². The molecule has 0 aliphatic carbocycles. The molecule has 78 valence electrons. The SMILES string of the molecule is Fc1cccc(CSc2ncn[nH]2)c1Br. The van der Waals surface area contributed by atoms with Crippen molar-refractivity contribution in [2.24, 2.45) is 0 Å². The van der Waals surface area contributed by atoms with Crippen molar-refractivity contribution in [2.45, 2.75) is 10.9 Å². The minimum absolute atomic E-state index is 0.245. The van der Waals surface area contributed by atoms with Crippen LogP contribution >= 0.6 is 27.7 Å². The molecule has 0 fully saturated rings. The number of H-pyrrole nitrogens is 1.